The molecular formula is C20H20F2N2O3. The number of benzene rings is 2. The number of carbonyl (C=O) groups excluding carboxylic acids is 1. The van der Waals surface area contributed by atoms with Gasteiger partial charge in [-0.15, -0.1) is 0 Å². The summed E-state index contributed by atoms with van der Waals surface area (Å²) in [6, 6.07) is 11.0. The summed E-state index contributed by atoms with van der Waals surface area (Å²) < 4.78 is 37.9. The van der Waals surface area contributed by atoms with Crippen molar-refractivity contribution in [3.05, 3.63) is 65.2 Å². The van der Waals surface area contributed by atoms with Crippen LogP contribution in [0, 0.1) is 11.6 Å². The largest absolute Gasteiger partial charge is 0.496 e. The van der Waals surface area contributed by atoms with Gasteiger partial charge in [-0.2, -0.15) is 0 Å². The van der Waals surface area contributed by atoms with Crippen molar-refractivity contribution in [3.8, 4) is 5.75 Å². The van der Waals surface area contributed by atoms with E-state index in [0.717, 1.165) is 17.4 Å². The number of halogens is 2. The SMILES string of the molecule is COc1ccccc1CN1C(=O)O[C@@H]2CN(Cc3ccc(F)cc3F)C[C@@H]21. The number of likely N-dealkylation sites (tertiary alicyclic amines) is 1. The van der Waals surface area contributed by atoms with Crippen molar-refractivity contribution >= 4 is 6.09 Å². The van der Waals surface area contributed by atoms with E-state index in [1.165, 1.54) is 12.1 Å². The van der Waals surface area contributed by atoms with Crippen molar-refractivity contribution in [2.24, 2.45) is 0 Å². The Hall–Kier alpha value is -2.67. The first-order valence-electron chi connectivity index (χ1n) is 8.80. The van der Waals surface area contributed by atoms with Crippen LogP contribution in [0.4, 0.5) is 13.6 Å². The van der Waals surface area contributed by atoms with Crippen LogP contribution in [0.5, 0.6) is 5.75 Å². The topological polar surface area (TPSA) is 42.0 Å². The van der Waals surface area contributed by atoms with E-state index in [0.29, 0.717) is 31.7 Å². The van der Waals surface area contributed by atoms with Gasteiger partial charge in [0, 0.05) is 36.8 Å². The Labute approximate surface area is 156 Å². The van der Waals surface area contributed by atoms with Crippen LogP contribution in [0.15, 0.2) is 42.5 Å². The maximum absolute atomic E-state index is 13.9. The normalized spacial score (nSPS) is 22.0. The van der Waals surface area contributed by atoms with Crippen molar-refractivity contribution < 1.29 is 23.0 Å². The van der Waals surface area contributed by atoms with Crippen LogP contribution in [0.3, 0.4) is 0 Å². The molecule has 2 saturated heterocycles. The van der Waals surface area contributed by atoms with Crippen molar-refractivity contribution in [2.75, 3.05) is 20.2 Å². The van der Waals surface area contributed by atoms with Crippen LogP contribution in [-0.2, 0) is 17.8 Å². The van der Waals surface area contributed by atoms with Crippen LogP contribution in [0.2, 0.25) is 0 Å². The Morgan fingerprint density at radius 2 is 1.93 bits per heavy atom. The van der Waals surface area contributed by atoms with Gasteiger partial charge in [-0.1, -0.05) is 24.3 Å². The fourth-order valence-electron chi connectivity index (χ4n) is 3.80. The molecule has 4 rings (SSSR count). The summed E-state index contributed by atoms with van der Waals surface area (Å²) in [7, 11) is 1.60. The highest BCUT2D eigenvalue weighted by atomic mass is 19.1. The molecule has 142 valence electrons. The highest BCUT2D eigenvalue weighted by Crippen LogP contribution is 2.31. The average Bonchev–Trinajstić information content (AvgIpc) is 3.16. The summed E-state index contributed by atoms with van der Waals surface area (Å²) in [6.45, 7) is 1.83. The lowest BCUT2D eigenvalue weighted by atomic mass is 10.1. The third-order valence-electron chi connectivity index (χ3n) is 5.14. The molecule has 0 unspecified atom stereocenters. The van der Waals surface area contributed by atoms with Gasteiger partial charge >= 0.3 is 6.09 Å². The van der Waals surface area contributed by atoms with Gasteiger partial charge in [0.2, 0.25) is 0 Å². The Morgan fingerprint density at radius 1 is 1.11 bits per heavy atom. The molecule has 0 aromatic heterocycles. The van der Waals surface area contributed by atoms with Crippen LogP contribution >= 0.6 is 0 Å². The molecule has 0 aliphatic carbocycles. The molecule has 2 aliphatic heterocycles. The third kappa shape index (κ3) is 3.47. The molecule has 27 heavy (non-hydrogen) atoms. The van der Waals surface area contributed by atoms with Gasteiger partial charge in [-0.25, -0.2) is 13.6 Å². The van der Waals surface area contributed by atoms with Gasteiger partial charge < -0.3 is 9.47 Å². The smallest absolute Gasteiger partial charge is 0.410 e. The minimum Gasteiger partial charge on any atom is -0.496 e. The molecule has 2 heterocycles. The van der Waals surface area contributed by atoms with E-state index in [4.69, 9.17) is 9.47 Å². The number of fused-ring (bicyclic) bond motifs is 1. The van der Waals surface area contributed by atoms with E-state index in [1.807, 2.05) is 29.2 Å². The zero-order valence-corrected chi connectivity index (χ0v) is 14.9. The van der Waals surface area contributed by atoms with Crippen LogP contribution in [-0.4, -0.2) is 48.2 Å². The van der Waals surface area contributed by atoms with Gasteiger partial charge in [0.1, 0.15) is 23.5 Å². The highest BCUT2D eigenvalue weighted by Gasteiger charge is 2.47. The Balaban J connectivity index is 1.47. The number of rotatable bonds is 5. The van der Waals surface area contributed by atoms with Crippen LogP contribution in [0.1, 0.15) is 11.1 Å². The molecule has 0 N–H and O–H groups in total. The lowest BCUT2D eigenvalue weighted by molar-refractivity contribution is 0.119. The molecule has 0 radical (unpaired) electrons. The fraction of sp³-hybridized carbons (Fsp3) is 0.350. The third-order valence-corrected chi connectivity index (χ3v) is 5.14. The molecule has 7 heteroatoms. The quantitative estimate of drug-likeness (QED) is 0.806. The zero-order chi connectivity index (χ0) is 19.0. The summed E-state index contributed by atoms with van der Waals surface area (Å²) in [6.07, 6.45) is -0.598. The van der Waals surface area contributed by atoms with E-state index in [1.54, 1.807) is 12.0 Å². The van der Waals surface area contributed by atoms with Crippen molar-refractivity contribution in [3.63, 3.8) is 0 Å². The predicted octanol–water partition coefficient (Wildman–Crippen LogP) is 3.18. The van der Waals surface area contributed by atoms with E-state index >= 15 is 0 Å². The van der Waals surface area contributed by atoms with Gasteiger partial charge in [-0.05, 0) is 12.1 Å². The molecule has 2 fully saturated rings. The number of carbonyl (C=O) groups is 1. The maximum atomic E-state index is 13.9. The van der Waals surface area contributed by atoms with Crippen LogP contribution < -0.4 is 4.74 Å². The van der Waals surface area contributed by atoms with Crippen molar-refractivity contribution in [1.29, 1.82) is 0 Å². The van der Waals surface area contributed by atoms with Crippen molar-refractivity contribution in [2.45, 2.75) is 25.2 Å². The monoisotopic (exact) mass is 374 g/mol. The second-order valence-electron chi connectivity index (χ2n) is 6.86. The molecule has 1 amide bonds. The first-order valence-corrected chi connectivity index (χ1v) is 8.80. The molecule has 0 bridgehead atoms. The molecule has 2 aromatic carbocycles. The second-order valence-corrected chi connectivity index (χ2v) is 6.86. The standard InChI is InChI=1S/C20H20F2N2O3/c1-26-18-5-3-2-4-14(18)10-24-17-11-23(12-19(17)27-20(24)25)9-13-6-7-15(21)8-16(13)22/h2-8,17,19H,9-12H2,1H3/t17-,19+/m0/s1. The lowest BCUT2D eigenvalue weighted by Gasteiger charge is -2.23. The Morgan fingerprint density at radius 3 is 2.70 bits per heavy atom. The number of amides is 1. The molecule has 2 aliphatic rings. The second kappa shape index (κ2) is 7.15. The molecule has 0 saturated carbocycles. The zero-order valence-electron chi connectivity index (χ0n) is 14.9. The summed E-state index contributed by atoms with van der Waals surface area (Å²) in [5, 5.41) is 0. The fourth-order valence-corrected chi connectivity index (χ4v) is 3.80. The van der Waals surface area contributed by atoms with Gasteiger partial charge in [0.05, 0.1) is 19.7 Å². The number of hydrogen-bond donors (Lipinski definition) is 0. The Bertz CT molecular complexity index is 861. The molecule has 2 aromatic rings. The molecule has 0 spiro atoms. The molecule has 2 atom stereocenters. The number of methoxy groups -OCH3 is 1. The van der Waals surface area contributed by atoms with Gasteiger partial charge in [0.25, 0.3) is 0 Å². The summed E-state index contributed by atoms with van der Waals surface area (Å²) in [5.41, 5.74) is 1.33. The van der Waals surface area contributed by atoms with E-state index in [-0.39, 0.29) is 18.2 Å². The number of para-hydroxylation sites is 1. The van der Waals surface area contributed by atoms with Gasteiger partial charge in [0.15, 0.2) is 0 Å². The van der Waals surface area contributed by atoms with Crippen molar-refractivity contribution in [1.82, 2.24) is 9.80 Å². The summed E-state index contributed by atoms with van der Waals surface area (Å²) in [4.78, 5) is 16.0. The minimum atomic E-state index is -0.591. The Kier molecular flexibility index (Phi) is 4.70. The van der Waals surface area contributed by atoms with Crippen LogP contribution in [0.25, 0.3) is 0 Å². The number of nitrogens with zero attached hydrogens (tertiary/aromatic N) is 2. The minimum absolute atomic E-state index is 0.106. The number of hydrogen-bond acceptors (Lipinski definition) is 4. The van der Waals surface area contributed by atoms with E-state index in [9.17, 15) is 13.6 Å². The van der Waals surface area contributed by atoms with E-state index < -0.39 is 11.6 Å². The predicted molar refractivity (Wildman–Crippen MR) is 94.2 cm³/mol. The average molecular weight is 374 g/mol. The van der Waals surface area contributed by atoms with E-state index in [2.05, 4.69) is 0 Å². The lowest BCUT2D eigenvalue weighted by Crippen LogP contribution is -2.37. The first-order chi connectivity index (χ1) is 13.0. The molecular weight excluding hydrogens is 354 g/mol. The molecule has 5 nitrogen and oxygen atoms in total. The highest BCUT2D eigenvalue weighted by molar-refractivity contribution is 5.71. The summed E-state index contributed by atoms with van der Waals surface area (Å²) in [5.74, 6) is -0.432. The first kappa shape index (κ1) is 17.7. The number of ether oxygens (including phenoxy) is 2. The van der Waals surface area contributed by atoms with Gasteiger partial charge in [-0.3, -0.25) is 9.80 Å². The maximum Gasteiger partial charge on any atom is 0.410 e. The summed E-state index contributed by atoms with van der Waals surface area (Å²) >= 11 is 0.